The van der Waals surface area contributed by atoms with Crippen molar-refractivity contribution in [3.8, 4) is 11.3 Å². The van der Waals surface area contributed by atoms with Gasteiger partial charge in [0.05, 0.1) is 17.6 Å². The number of carbonyl (C=O) groups excluding carboxylic acids is 1. The Hall–Kier alpha value is -4.30. The Labute approximate surface area is 212 Å². The quantitative estimate of drug-likeness (QED) is 0.306. The average molecular weight is 496 g/mol. The number of fused-ring (bicyclic) bond motifs is 1. The number of rotatable bonds is 7. The van der Waals surface area contributed by atoms with Gasteiger partial charge in [-0.3, -0.25) is 14.9 Å². The molecule has 0 unspecified atom stereocenters. The van der Waals surface area contributed by atoms with Gasteiger partial charge in [0.2, 0.25) is 0 Å². The second-order valence-electron chi connectivity index (χ2n) is 8.52. The molecule has 0 spiro atoms. The minimum Gasteiger partial charge on any atom is -0.345 e. The van der Waals surface area contributed by atoms with E-state index < -0.39 is 5.91 Å². The largest absolute Gasteiger partial charge is 0.345 e. The Kier molecular flexibility index (Phi) is 6.35. The van der Waals surface area contributed by atoms with Crippen LogP contribution in [0.1, 0.15) is 27.4 Å². The first-order chi connectivity index (χ1) is 17.5. The Morgan fingerprint density at radius 1 is 1.08 bits per heavy atom. The van der Waals surface area contributed by atoms with E-state index in [1.165, 1.54) is 16.0 Å². The molecule has 0 saturated carbocycles. The highest BCUT2D eigenvalue weighted by Crippen LogP contribution is 2.30. The summed E-state index contributed by atoms with van der Waals surface area (Å²) in [4.78, 5) is 31.1. The molecule has 8 heteroatoms. The molecule has 180 valence electrons. The predicted molar refractivity (Wildman–Crippen MR) is 145 cm³/mol. The molecular formula is C28H25N5O2S. The molecule has 0 atom stereocenters. The molecule has 0 aliphatic rings. The van der Waals surface area contributed by atoms with Crippen molar-refractivity contribution in [2.75, 3.05) is 5.32 Å². The molecule has 0 aliphatic carbocycles. The van der Waals surface area contributed by atoms with Crippen molar-refractivity contribution in [3.05, 3.63) is 112 Å². The van der Waals surface area contributed by atoms with Crippen molar-refractivity contribution >= 4 is 33.1 Å². The fraction of sp³-hybridized carbons (Fsp3) is 0.143. The third-order valence-corrected chi connectivity index (χ3v) is 6.90. The number of aromatic nitrogens is 4. The molecule has 0 aliphatic heterocycles. The molecule has 36 heavy (non-hydrogen) atoms. The Balaban J connectivity index is 1.48. The van der Waals surface area contributed by atoms with Crippen molar-refractivity contribution in [1.29, 1.82) is 0 Å². The number of carbonyl (C=O) groups is 1. The van der Waals surface area contributed by atoms with Crippen LogP contribution in [0.15, 0.2) is 83.5 Å². The molecule has 2 aromatic carbocycles. The lowest BCUT2D eigenvalue weighted by atomic mass is 10.1. The molecule has 0 saturated heterocycles. The van der Waals surface area contributed by atoms with Gasteiger partial charge in [0.15, 0.2) is 10.8 Å². The summed E-state index contributed by atoms with van der Waals surface area (Å²) in [6, 6.07) is 18.7. The number of anilines is 1. The zero-order chi connectivity index (χ0) is 25.2. The van der Waals surface area contributed by atoms with Crippen LogP contribution in [0, 0.1) is 13.8 Å². The van der Waals surface area contributed by atoms with Gasteiger partial charge < -0.3 is 4.57 Å². The van der Waals surface area contributed by atoms with E-state index in [4.69, 9.17) is 0 Å². The molecular weight excluding hydrogens is 470 g/mol. The molecule has 0 bridgehead atoms. The highest BCUT2D eigenvalue weighted by atomic mass is 32.1. The van der Waals surface area contributed by atoms with Crippen molar-refractivity contribution in [1.82, 2.24) is 19.3 Å². The molecule has 3 heterocycles. The van der Waals surface area contributed by atoms with Crippen LogP contribution in [-0.2, 0) is 13.1 Å². The average Bonchev–Trinajstić information content (AvgIpc) is 3.46. The fourth-order valence-electron chi connectivity index (χ4n) is 4.35. The van der Waals surface area contributed by atoms with Gasteiger partial charge in [-0.1, -0.05) is 54.6 Å². The highest BCUT2D eigenvalue weighted by molar-refractivity contribution is 7.14. The number of hydrogen-bond donors (Lipinski definition) is 1. The Morgan fingerprint density at radius 2 is 1.81 bits per heavy atom. The first kappa shape index (κ1) is 23.4. The summed E-state index contributed by atoms with van der Waals surface area (Å²) < 4.78 is 3.51. The van der Waals surface area contributed by atoms with E-state index in [2.05, 4.69) is 46.5 Å². The van der Waals surface area contributed by atoms with E-state index in [-0.39, 0.29) is 17.8 Å². The number of allylic oxidation sites excluding steroid dienone is 1. The molecule has 5 aromatic rings. The number of nitrogens with one attached hydrogen (secondary N) is 1. The molecule has 1 amide bonds. The van der Waals surface area contributed by atoms with Gasteiger partial charge in [-0.05, 0) is 31.5 Å². The zero-order valence-corrected chi connectivity index (χ0v) is 20.9. The van der Waals surface area contributed by atoms with Crippen molar-refractivity contribution < 1.29 is 4.79 Å². The smallest absolute Gasteiger partial charge is 0.278 e. The van der Waals surface area contributed by atoms with E-state index >= 15 is 0 Å². The summed E-state index contributed by atoms with van der Waals surface area (Å²) >= 11 is 1.35. The van der Waals surface area contributed by atoms with E-state index in [9.17, 15) is 9.59 Å². The summed E-state index contributed by atoms with van der Waals surface area (Å²) in [7, 11) is 0. The maximum Gasteiger partial charge on any atom is 0.278 e. The third kappa shape index (κ3) is 4.38. The first-order valence-electron chi connectivity index (χ1n) is 11.5. The number of nitrogens with zero attached hydrogens (tertiary/aromatic N) is 4. The van der Waals surface area contributed by atoms with E-state index in [0.29, 0.717) is 15.9 Å². The van der Waals surface area contributed by atoms with Crippen LogP contribution in [-0.4, -0.2) is 25.2 Å². The molecule has 5 rings (SSSR count). The summed E-state index contributed by atoms with van der Waals surface area (Å²) in [5.41, 5.74) is 4.90. The Bertz CT molecular complexity index is 1650. The number of aryl methyl sites for hydroxylation is 1. The fourth-order valence-corrected chi connectivity index (χ4v) is 5.05. The summed E-state index contributed by atoms with van der Waals surface area (Å²) in [5.74, 6) is -0.411. The monoisotopic (exact) mass is 495 g/mol. The molecule has 1 N–H and O–H groups in total. The van der Waals surface area contributed by atoms with Crippen LogP contribution in [0.4, 0.5) is 5.13 Å². The van der Waals surface area contributed by atoms with E-state index in [1.807, 2.05) is 41.8 Å². The van der Waals surface area contributed by atoms with Crippen LogP contribution < -0.4 is 10.9 Å². The third-order valence-electron chi connectivity index (χ3n) is 6.14. The van der Waals surface area contributed by atoms with Gasteiger partial charge in [0, 0.05) is 34.3 Å². The van der Waals surface area contributed by atoms with Crippen LogP contribution in [0.25, 0.3) is 22.0 Å². The first-order valence-corrected chi connectivity index (χ1v) is 12.4. The normalized spacial score (nSPS) is 11.1. The molecule has 3 aromatic heterocycles. The number of thiazole rings is 1. The number of benzene rings is 2. The molecule has 7 nitrogen and oxygen atoms in total. The second kappa shape index (κ2) is 9.75. The summed E-state index contributed by atoms with van der Waals surface area (Å²) in [6.45, 7) is 8.93. The van der Waals surface area contributed by atoms with Gasteiger partial charge >= 0.3 is 0 Å². The standard InChI is InChI=1S/C28H25N5O2S/c1-4-14-32-18(2)15-23(19(32)3)24-17-36-28(29-24)30-26(34)25-21-12-8-9-13-22(21)27(35)33(31-25)16-20-10-6-5-7-11-20/h4-13,15,17H,1,14,16H2,2-3H3,(H,29,30,34). The lowest BCUT2D eigenvalue weighted by molar-refractivity contribution is 0.102. The zero-order valence-electron chi connectivity index (χ0n) is 20.1. The van der Waals surface area contributed by atoms with Crippen molar-refractivity contribution in [2.45, 2.75) is 26.9 Å². The van der Waals surface area contributed by atoms with Gasteiger partial charge in [-0.2, -0.15) is 5.10 Å². The number of amides is 1. The lowest BCUT2D eigenvalue weighted by Gasteiger charge is -2.11. The van der Waals surface area contributed by atoms with Crippen LogP contribution in [0.2, 0.25) is 0 Å². The van der Waals surface area contributed by atoms with Gasteiger partial charge in [-0.25, -0.2) is 9.67 Å². The van der Waals surface area contributed by atoms with Crippen molar-refractivity contribution in [3.63, 3.8) is 0 Å². The SMILES string of the molecule is C=CCn1c(C)cc(-c2csc(NC(=O)c3nn(Cc4ccccc4)c(=O)c4ccccc34)n2)c1C. The summed E-state index contributed by atoms with van der Waals surface area (Å²) in [5, 5.41) is 10.7. The second-order valence-corrected chi connectivity index (χ2v) is 9.38. The minimum absolute atomic E-state index is 0.182. The predicted octanol–water partition coefficient (Wildman–Crippen LogP) is 5.42. The van der Waals surface area contributed by atoms with Gasteiger partial charge in [-0.15, -0.1) is 17.9 Å². The topological polar surface area (TPSA) is 81.8 Å². The Morgan fingerprint density at radius 3 is 2.56 bits per heavy atom. The van der Waals surface area contributed by atoms with Gasteiger partial charge in [0.25, 0.3) is 11.5 Å². The van der Waals surface area contributed by atoms with E-state index in [0.717, 1.165) is 34.8 Å². The minimum atomic E-state index is -0.411. The van der Waals surface area contributed by atoms with E-state index in [1.54, 1.807) is 24.3 Å². The van der Waals surface area contributed by atoms with Crippen LogP contribution in [0.5, 0.6) is 0 Å². The number of hydrogen-bond acceptors (Lipinski definition) is 5. The maximum absolute atomic E-state index is 13.4. The maximum atomic E-state index is 13.4. The molecule has 0 fully saturated rings. The van der Waals surface area contributed by atoms with Gasteiger partial charge in [0.1, 0.15) is 0 Å². The lowest BCUT2D eigenvalue weighted by Crippen LogP contribution is -2.28. The molecule has 0 radical (unpaired) electrons. The highest BCUT2D eigenvalue weighted by Gasteiger charge is 2.19. The van der Waals surface area contributed by atoms with Crippen LogP contribution >= 0.6 is 11.3 Å². The van der Waals surface area contributed by atoms with Crippen molar-refractivity contribution in [2.24, 2.45) is 0 Å². The summed E-state index contributed by atoms with van der Waals surface area (Å²) in [6.07, 6.45) is 1.87. The van der Waals surface area contributed by atoms with Crippen LogP contribution in [0.3, 0.4) is 0 Å².